The molecule has 4 nitrogen and oxygen atoms in total. The van der Waals surface area contributed by atoms with Crippen LogP contribution in [0.5, 0.6) is 5.75 Å². The van der Waals surface area contributed by atoms with Crippen LogP contribution in [-0.4, -0.2) is 36.3 Å². The van der Waals surface area contributed by atoms with Crippen molar-refractivity contribution in [2.75, 3.05) is 19.7 Å². The molecule has 0 atom stereocenters. The average molecular weight is 331 g/mol. The molecule has 2 rings (SSSR count). The van der Waals surface area contributed by atoms with Gasteiger partial charge in [0.05, 0.1) is 6.61 Å². The summed E-state index contributed by atoms with van der Waals surface area (Å²) in [4.78, 5) is 13.8. The van der Waals surface area contributed by atoms with Gasteiger partial charge in [-0.05, 0) is 56.9 Å². The maximum Gasteiger partial charge on any atom is 0.410 e. The first kappa shape index (κ1) is 18.4. The number of unbranched alkanes of at least 4 members (excludes halogenated alkanes) is 1. The summed E-state index contributed by atoms with van der Waals surface area (Å²) < 4.78 is 11.1. The molecule has 0 radical (unpaired) electrons. The zero-order valence-corrected chi connectivity index (χ0v) is 15.3. The first-order valence-corrected chi connectivity index (χ1v) is 8.79. The maximum atomic E-state index is 12.1. The standard InChI is InChI=1S/C20H29NO3/c1-5-6-15-23-18-9-7-16(8-10-18)17-11-13-21(14-12-17)19(22)24-20(2,3)4/h7-11H,5-6,12-15H2,1-4H3. The van der Waals surface area contributed by atoms with E-state index in [4.69, 9.17) is 9.47 Å². The zero-order valence-electron chi connectivity index (χ0n) is 15.3. The molecule has 0 bridgehead atoms. The van der Waals surface area contributed by atoms with E-state index in [1.807, 2.05) is 32.9 Å². The number of hydrogen-bond donors (Lipinski definition) is 0. The number of amides is 1. The number of carbonyl (C=O) groups is 1. The Hall–Kier alpha value is -1.97. The van der Waals surface area contributed by atoms with Crippen LogP contribution in [0, 0.1) is 0 Å². The Labute approximate surface area is 145 Å². The normalized spacial score (nSPS) is 15.0. The number of rotatable bonds is 5. The van der Waals surface area contributed by atoms with Gasteiger partial charge in [0, 0.05) is 13.1 Å². The van der Waals surface area contributed by atoms with Crippen LogP contribution < -0.4 is 4.74 Å². The molecule has 1 aromatic carbocycles. The van der Waals surface area contributed by atoms with Gasteiger partial charge in [-0.2, -0.15) is 0 Å². The molecule has 0 spiro atoms. The number of hydrogen-bond acceptors (Lipinski definition) is 3. The minimum atomic E-state index is -0.450. The van der Waals surface area contributed by atoms with E-state index < -0.39 is 5.60 Å². The summed E-state index contributed by atoms with van der Waals surface area (Å²) in [6, 6.07) is 8.23. The molecule has 0 saturated heterocycles. The van der Waals surface area contributed by atoms with Crippen molar-refractivity contribution < 1.29 is 14.3 Å². The van der Waals surface area contributed by atoms with Gasteiger partial charge < -0.3 is 14.4 Å². The number of carbonyl (C=O) groups excluding carboxylic acids is 1. The molecule has 1 aromatic rings. The smallest absolute Gasteiger partial charge is 0.410 e. The SMILES string of the molecule is CCCCOc1ccc(C2=CCN(C(=O)OC(C)(C)C)CC2)cc1. The van der Waals surface area contributed by atoms with E-state index in [1.165, 1.54) is 11.1 Å². The van der Waals surface area contributed by atoms with Gasteiger partial charge in [0.25, 0.3) is 0 Å². The van der Waals surface area contributed by atoms with E-state index in [-0.39, 0.29) is 6.09 Å². The van der Waals surface area contributed by atoms with Gasteiger partial charge in [-0.1, -0.05) is 31.6 Å². The van der Waals surface area contributed by atoms with Gasteiger partial charge in [-0.25, -0.2) is 4.79 Å². The lowest BCUT2D eigenvalue weighted by atomic mass is 9.99. The van der Waals surface area contributed by atoms with Crippen molar-refractivity contribution in [2.24, 2.45) is 0 Å². The van der Waals surface area contributed by atoms with Crippen molar-refractivity contribution in [3.63, 3.8) is 0 Å². The fourth-order valence-electron chi connectivity index (χ4n) is 2.52. The van der Waals surface area contributed by atoms with E-state index in [0.717, 1.165) is 31.6 Å². The second kappa shape index (κ2) is 8.22. The second-order valence-electron chi connectivity index (χ2n) is 7.13. The predicted molar refractivity (Wildman–Crippen MR) is 97.2 cm³/mol. The fraction of sp³-hybridized carbons (Fsp3) is 0.550. The molecular formula is C20H29NO3. The highest BCUT2D eigenvalue weighted by atomic mass is 16.6. The third-order valence-corrected chi connectivity index (χ3v) is 3.85. The van der Waals surface area contributed by atoms with Gasteiger partial charge in [0.2, 0.25) is 0 Å². The second-order valence-corrected chi connectivity index (χ2v) is 7.13. The molecule has 1 heterocycles. The first-order valence-electron chi connectivity index (χ1n) is 8.79. The Bertz CT molecular complexity index is 570. The van der Waals surface area contributed by atoms with Crippen LogP contribution in [0.3, 0.4) is 0 Å². The lowest BCUT2D eigenvalue weighted by Crippen LogP contribution is -2.39. The topological polar surface area (TPSA) is 38.8 Å². The number of ether oxygens (including phenoxy) is 2. The number of nitrogens with zero attached hydrogens (tertiary/aromatic N) is 1. The Morgan fingerprint density at radius 1 is 1.21 bits per heavy atom. The maximum absolute atomic E-state index is 12.1. The molecular weight excluding hydrogens is 302 g/mol. The lowest BCUT2D eigenvalue weighted by molar-refractivity contribution is 0.0270. The third-order valence-electron chi connectivity index (χ3n) is 3.85. The summed E-state index contributed by atoms with van der Waals surface area (Å²) in [5.74, 6) is 0.916. The largest absolute Gasteiger partial charge is 0.494 e. The Morgan fingerprint density at radius 3 is 2.46 bits per heavy atom. The molecule has 0 aliphatic carbocycles. The van der Waals surface area contributed by atoms with Crippen molar-refractivity contribution in [1.82, 2.24) is 4.90 Å². The van der Waals surface area contributed by atoms with Crippen LogP contribution in [0.25, 0.3) is 5.57 Å². The molecule has 1 amide bonds. The average Bonchev–Trinajstić information content (AvgIpc) is 2.54. The van der Waals surface area contributed by atoms with E-state index in [9.17, 15) is 4.79 Å². The summed E-state index contributed by atoms with van der Waals surface area (Å²) in [7, 11) is 0. The van der Waals surface area contributed by atoms with Gasteiger partial charge in [0.15, 0.2) is 0 Å². The van der Waals surface area contributed by atoms with Crippen molar-refractivity contribution >= 4 is 11.7 Å². The zero-order chi connectivity index (χ0) is 17.6. The summed E-state index contributed by atoms with van der Waals surface area (Å²) >= 11 is 0. The van der Waals surface area contributed by atoms with E-state index in [1.54, 1.807) is 4.90 Å². The fourth-order valence-corrected chi connectivity index (χ4v) is 2.52. The van der Waals surface area contributed by atoms with Crippen LogP contribution in [0.4, 0.5) is 4.79 Å². The highest BCUT2D eigenvalue weighted by molar-refractivity contribution is 5.72. The molecule has 0 aromatic heterocycles. The van der Waals surface area contributed by atoms with Crippen molar-refractivity contribution in [3.8, 4) is 5.75 Å². The summed E-state index contributed by atoms with van der Waals surface area (Å²) in [5, 5.41) is 0. The van der Waals surface area contributed by atoms with Crippen LogP contribution in [0.1, 0.15) is 52.5 Å². The third kappa shape index (κ3) is 5.59. The quantitative estimate of drug-likeness (QED) is 0.721. The summed E-state index contributed by atoms with van der Waals surface area (Å²) in [5.41, 5.74) is 2.02. The first-order chi connectivity index (χ1) is 11.4. The molecule has 4 heteroatoms. The Morgan fingerprint density at radius 2 is 1.92 bits per heavy atom. The minimum absolute atomic E-state index is 0.238. The highest BCUT2D eigenvalue weighted by Crippen LogP contribution is 2.25. The van der Waals surface area contributed by atoms with Gasteiger partial charge >= 0.3 is 6.09 Å². The highest BCUT2D eigenvalue weighted by Gasteiger charge is 2.23. The number of benzene rings is 1. The van der Waals surface area contributed by atoms with Crippen molar-refractivity contribution in [2.45, 2.75) is 52.6 Å². The molecule has 24 heavy (non-hydrogen) atoms. The molecule has 0 N–H and O–H groups in total. The van der Waals surface area contributed by atoms with E-state index in [0.29, 0.717) is 13.1 Å². The predicted octanol–water partition coefficient (Wildman–Crippen LogP) is 4.89. The van der Waals surface area contributed by atoms with Crippen LogP contribution in [-0.2, 0) is 4.74 Å². The molecule has 0 saturated carbocycles. The molecule has 1 aliphatic rings. The Kier molecular flexibility index (Phi) is 6.29. The van der Waals surface area contributed by atoms with Crippen LogP contribution >= 0.6 is 0 Å². The minimum Gasteiger partial charge on any atom is -0.494 e. The molecule has 0 fully saturated rings. The van der Waals surface area contributed by atoms with Crippen LogP contribution in [0.15, 0.2) is 30.3 Å². The molecule has 1 aliphatic heterocycles. The van der Waals surface area contributed by atoms with Crippen LogP contribution in [0.2, 0.25) is 0 Å². The van der Waals surface area contributed by atoms with E-state index in [2.05, 4.69) is 25.1 Å². The van der Waals surface area contributed by atoms with Crippen molar-refractivity contribution in [1.29, 1.82) is 0 Å². The summed E-state index contributed by atoms with van der Waals surface area (Å²) in [6.45, 7) is 9.88. The Balaban J connectivity index is 1.91. The lowest BCUT2D eigenvalue weighted by Gasteiger charge is -2.29. The van der Waals surface area contributed by atoms with Gasteiger partial charge in [-0.15, -0.1) is 0 Å². The van der Waals surface area contributed by atoms with E-state index >= 15 is 0 Å². The van der Waals surface area contributed by atoms with Gasteiger partial charge in [-0.3, -0.25) is 0 Å². The summed E-state index contributed by atoms with van der Waals surface area (Å²) in [6.07, 6.45) is 4.93. The monoisotopic (exact) mass is 331 g/mol. The molecule has 132 valence electrons. The van der Waals surface area contributed by atoms with Gasteiger partial charge in [0.1, 0.15) is 11.4 Å². The van der Waals surface area contributed by atoms with Crippen molar-refractivity contribution in [3.05, 3.63) is 35.9 Å². The molecule has 0 unspecified atom stereocenters.